The van der Waals surface area contributed by atoms with Crippen LogP contribution in [-0.4, -0.2) is 37.9 Å². The molecule has 24 heavy (non-hydrogen) atoms. The van der Waals surface area contributed by atoms with Crippen molar-refractivity contribution < 1.29 is 9.53 Å². The van der Waals surface area contributed by atoms with Crippen molar-refractivity contribution in [1.82, 2.24) is 4.90 Å². The van der Waals surface area contributed by atoms with E-state index in [-0.39, 0.29) is 5.78 Å². The van der Waals surface area contributed by atoms with Gasteiger partial charge in [-0.1, -0.05) is 36.4 Å². The second kappa shape index (κ2) is 8.76. The molecule has 3 nitrogen and oxygen atoms in total. The van der Waals surface area contributed by atoms with Crippen LogP contribution in [0, 0.1) is 13.8 Å². The normalized spacial score (nSPS) is 11.0. The molecule has 0 aliphatic rings. The minimum Gasteiger partial charge on any atom is -0.377 e. The molecule has 0 saturated heterocycles. The van der Waals surface area contributed by atoms with E-state index in [2.05, 4.69) is 19.0 Å². The smallest absolute Gasteiger partial charge is 0.193 e. The predicted molar refractivity (Wildman–Crippen MR) is 98.6 cm³/mol. The molecule has 2 aromatic carbocycles. The molecule has 0 unspecified atom stereocenters. The Morgan fingerprint density at radius 3 is 2.42 bits per heavy atom. The molecule has 2 rings (SSSR count). The van der Waals surface area contributed by atoms with Crippen LogP contribution in [0.5, 0.6) is 0 Å². The monoisotopic (exact) mass is 325 g/mol. The van der Waals surface area contributed by atoms with E-state index < -0.39 is 0 Å². The molecule has 128 valence electrons. The van der Waals surface area contributed by atoms with E-state index in [1.165, 1.54) is 0 Å². The second-order valence-electron chi connectivity index (χ2n) is 6.50. The van der Waals surface area contributed by atoms with Gasteiger partial charge in [-0.05, 0) is 63.7 Å². The van der Waals surface area contributed by atoms with Gasteiger partial charge >= 0.3 is 0 Å². The lowest BCUT2D eigenvalue weighted by molar-refractivity contribution is 0.103. The van der Waals surface area contributed by atoms with E-state index in [0.29, 0.717) is 6.61 Å². The number of carbonyl (C=O) groups excluding carboxylic acids is 1. The summed E-state index contributed by atoms with van der Waals surface area (Å²) in [5.74, 6) is 0.0834. The Morgan fingerprint density at radius 2 is 1.71 bits per heavy atom. The number of rotatable bonds is 8. The summed E-state index contributed by atoms with van der Waals surface area (Å²) < 4.78 is 5.74. The van der Waals surface area contributed by atoms with Crippen molar-refractivity contribution in [2.75, 3.05) is 27.2 Å². The average molecular weight is 325 g/mol. The standard InChI is InChI=1S/C21H27NO2/c1-16-8-5-6-9-19(16)21(23)20-14-18(11-10-17(20)2)15-24-13-7-12-22(3)4/h5-6,8-11,14H,7,12-13,15H2,1-4H3. The molecular weight excluding hydrogens is 298 g/mol. The highest BCUT2D eigenvalue weighted by atomic mass is 16.5. The first-order chi connectivity index (χ1) is 11.5. The third-order valence-electron chi connectivity index (χ3n) is 4.10. The summed E-state index contributed by atoms with van der Waals surface area (Å²) in [5.41, 5.74) is 4.58. The first-order valence-corrected chi connectivity index (χ1v) is 8.41. The lowest BCUT2D eigenvalue weighted by Gasteiger charge is -2.11. The minimum absolute atomic E-state index is 0.0834. The Kier molecular flexibility index (Phi) is 6.71. The number of carbonyl (C=O) groups is 1. The lowest BCUT2D eigenvalue weighted by Crippen LogP contribution is -2.14. The van der Waals surface area contributed by atoms with Crippen molar-refractivity contribution in [2.24, 2.45) is 0 Å². The summed E-state index contributed by atoms with van der Waals surface area (Å²) in [6.07, 6.45) is 1.01. The average Bonchev–Trinajstić information content (AvgIpc) is 2.55. The number of aryl methyl sites for hydroxylation is 2. The first-order valence-electron chi connectivity index (χ1n) is 8.41. The maximum absolute atomic E-state index is 12.8. The quantitative estimate of drug-likeness (QED) is 0.543. The Balaban J connectivity index is 2.06. The Morgan fingerprint density at radius 1 is 1.00 bits per heavy atom. The highest BCUT2D eigenvalue weighted by Crippen LogP contribution is 2.19. The maximum Gasteiger partial charge on any atom is 0.193 e. The van der Waals surface area contributed by atoms with Crippen molar-refractivity contribution in [3.63, 3.8) is 0 Å². The van der Waals surface area contributed by atoms with Crippen LogP contribution in [0.4, 0.5) is 0 Å². The molecule has 0 aromatic heterocycles. The number of ketones is 1. The van der Waals surface area contributed by atoms with Crippen LogP contribution < -0.4 is 0 Å². The minimum atomic E-state index is 0.0834. The fourth-order valence-electron chi connectivity index (χ4n) is 2.65. The number of hydrogen-bond acceptors (Lipinski definition) is 3. The Hall–Kier alpha value is -1.97. The fraction of sp³-hybridized carbons (Fsp3) is 0.381. The topological polar surface area (TPSA) is 29.5 Å². The van der Waals surface area contributed by atoms with Gasteiger partial charge in [-0.25, -0.2) is 0 Å². The SMILES string of the molecule is Cc1ccccc1C(=O)c1cc(COCCCN(C)C)ccc1C. The van der Waals surface area contributed by atoms with Crippen LogP contribution in [0.25, 0.3) is 0 Å². The van der Waals surface area contributed by atoms with Gasteiger partial charge in [0.05, 0.1) is 6.61 Å². The first kappa shape index (κ1) is 18.4. The molecule has 0 aliphatic carbocycles. The number of nitrogens with zero attached hydrogens (tertiary/aromatic N) is 1. The summed E-state index contributed by atoms with van der Waals surface area (Å²) in [6, 6.07) is 13.7. The third kappa shape index (κ3) is 5.02. The van der Waals surface area contributed by atoms with Crippen molar-refractivity contribution in [2.45, 2.75) is 26.9 Å². The zero-order valence-corrected chi connectivity index (χ0v) is 15.1. The van der Waals surface area contributed by atoms with Crippen molar-refractivity contribution in [3.8, 4) is 0 Å². The zero-order valence-electron chi connectivity index (χ0n) is 15.1. The second-order valence-corrected chi connectivity index (χ2v) is 6.50. The molecule has 0 spiro atoms. The lowest BCUT2D eigenvalue weighted by atomic mass is 9.95. The maximum atomic E-state index is 12.8. The van der Waals surface area contributed by atoms with Crippen molar-refractivity contribution >= 4 is 5.78 Å². The van der Waals surface area contributed by atoms with E-state index >= 15 is 0 Å². The van der Waals surface area contributed by atoms with Crippen LogP contribution >= 0.6 is 0 Å². The molecule has 0 bridgehead atoms. The summed E-state index contributed by atoms with van der Waals surface area (Å²) in [4.78, 5) is 15.0. The van der Waals surface area contributed by atoms with Gasteiger partial charge in [-0.3, -0.25) is 4.79 Å². The van der Waals surface area contributed by atoms with Crippen LogP contribution in [0.3, 0.4) is 0 Å². The summed E-state index contributed by atoms with van der Waals surface area (Å²) in [7, 11) is 4.12. The molecule has 0 N–H and O–H groups in total. The van der Waals surface area contributed by atoms with Gasteiger partial charge < -0.3 is 9.64 Å². The Labute approximate surface area is 145 Å². The van der Waals surface area contributed by atoms with E-state index in [4.69, 9.17) is 4.74 Å². The van der Waals surface area contributed by atoms with Gasteiger partial charge in [0.25, 0.3) is 0 Å². The largest absolute Gasteiger partial charge is 0.377 e. The van der Waals surface area contributed by atoms with Gasteiger partial charge in [-0.2, -0.15) is 0 Å². The van der Waals surface area contributed by atoms with Gasteiger partial charge in [0.2, 0.25) is 0 Å². The van der Waals surface area contributed by atoms with Crippen molar-refractivity contribution in [3.05, 3.63) is 70.3 Å². The molecule has 0 aliphatic heterocycles. The molecular formula is C21H27NO2. The van der Waals surface area contributed by atoms with Crippen LogP contribution in [0.15, 0.2) is 42.5 Å². The third-order valence-corrected chi connectivity index (χ3v) is 4.10. The van der Waals surface area contributed by atoms with E-state index in [1.807, 2.05) is 56.3 Å². The van der Waals surface area contributed by atoms with Crippen molar-refractivity contribution in [1.29, 1.82) is 0 Å². The molecule has 0 radical (unpaired) electrons. The molecule has 0 fully saturated rings. The van der Waals surface area contributed by atoms with Crippen LogP contribution in [-0.2, 0) is 11.3 Å². The van der Waals surface area contributed by atoms with E-state index in [9.17, 15) is 4.79 Å². The summed E-state index contributed by atoms with van der Waals surface area (Å²) in [6.45, 7) is 6.24. The summed E-state index contributed by atoms with van der Waals surface area (Å²) in [5, 5.41) is 0. The fourth-order valence-corrected chi connectivity index (χ4v) is 2.65. The van der Waals surface area contributed by atoms with Gasteiger partial charge in [0, 0.05) is 17.7 Å². The van der Waals surface area contributed by atoms with Crippen LogP contribution in [0.2, 0.25) is 0 Å². The number of hydrogen-bond donors (Lipinski definition) is 0. The highest BCUT2D eigenvalue weighted by Gasteiger charge is 2.14. The number of benzene rings is 2. The molecule has 0 atom stereocenters. The van der Waals surface area contributed by atoms with E-state index in [1.54, 1.807) is 0 Å². The van der Waals surface area contributed by atoms with Gasteiger partial charge in [-0.15, -0.1) is 0 Å². The van der Waals surface area contributed by atoms with Gasteiger partial charge in [0.15, 0.2) is 5.78 Å². The zero-order chi connectivity index (χ0) is 17.5. The highest BCUT2D eigenvalue weighted by molar-refractivity contribution is 6.10. The van der Waals surface area contributed by atoms with Crippen LogP contribution in [0.1, 0.15) is 39.0 Å². The molecule has 0 amide bonds. The summed E-state index contributed by atoms with van der Waals surface area (Å²) >= 11 is 0. The molecule has 0 saturated carbocycles. The Bertz CT molecular complexity index is 692. The molecule has 2 aromatic rings. The molecule has 3 heteroatoms. The molecule has 0 heterocycles. The van der Waals surface area contributed by atoms with Gasteiger partial charge in [0.1, 0.15) is 0 Å². The van der Waals surface area contributed by atoms with E-state index in [0.717, 1.165) is 47.4 Å². The predicted octanol–water partition coefficient (Wildman–Crippen LogP) is 4.00. The number of ether oxygens (including phenoxy) is 1.